The first-order chi connectivity index (χ1) is 14.7. The molecule has 0 aliphatic heterocycles. The standard InChI is InChI=1S/C27H27NO2/c1-20-6-5-7-22(16-20)19-30-27-15-12-23-8-3-4-9-25(23)26(27)18-28-17-21-10-13-24(29-2)14-11-21/h3-16,28H,17-19H2,1-2H3. The van der Waals surface area contributed by atoms with Crippen LogP contribution in [0.5, 0.6) is 11.5 Å². The Kier molecular flexibility index (Phi) is 6.31. The summed E-state index contributed by atoms with van der Waals surface area (Å²) in [5.74, 6) is 1.80. The van der Waals surface area contributed by atoms with Crippen LogP contribution in [0.3, 0.4) is 0 Å². The van der Waals surface area contributed by atoms with Crippen LogP contribution in [-0.2, 0) is 19.7 Å². The summed E-state index contributed by atoms with van der Waals surface area (Å²) in [6.45, 7) is 4.18. The summed E-state index contributed by atoms with van der Waals surface area (Å²) < 4.78 is 11.5. The molecular formula is C27H27NO2. The van der Waals surface area contributed by atoms with Gasteiger partial charge in [0.2, 0.25) is 0 Å². The van der Waals surface area contributed by atoms with Crippen LogP contribution in [0.1, 0.15) is 22.3 Å². The van der Waals surface area contributed by atoms with Crippen molar-refractivity contribution >= 4 is 10.8 Å². The minimum absolute atomic E-state index is 0.561. The molecule has 0 atom stereocenters. The molecule has 0 spiro atoms. The summed E-state index contributed by atoms with van der Waals surface area (Å²) in [5.41, 5.74) is 4.84. The van der Waals surface area contributed by atoms with Crippen LogP contribution in [-0.4, -0.2) is 7.11 Å². The van der Waals surface area contributed by atoms with Gasteiger partial charge in [-0.1, -0.05) is 72.3 Å². The minimum atomic E-state index is 0.561. The molecule has 4 aromatic rings. The monoisotopic (exact) mass is 397 g/mol. The number of rotatable bonds is 8. The fourth-order valence-corrected chi connectivity index (χ4v) is 3.67. The quantitative estimate of drug-likeness (QED) is 0.394. The third-order valence-corrected chi connectivity index (χ3v) is 5.26. The highest BCUT2D eigenvalue weighted by atomic mass is 16.5. The lowest BCUT2D eigenvalue weighted by molar-refractivity contribution is 0.302. The molecule has 152 valence electrons. The van der Waals surface area contributed by atoms with Crippen molar-refractivity contribution in [2.45, 2.75) is 26.6 Å². The van der Waals surface area contributed by atoms with Gasteiger partial charge < -0.3 is 14.8 Å². The molecule has 0 aliphatic carbocycles. The van der Waals surface area contributed by atoms with Gasteiger partial charge in [0.25, 0.3) is 0 Å². The van der Waals surface area contributed by atoms with Gasteiger partial charge in [0.05, 0.1) is 7.11 Å². The van der Waals surface area contributed by atoms with Crippen molar-refractivity contribution in [2.75, 3.05) is 7.11 Å². The van der Waals surface area contributed by atoms with E-state index in [0.717, 1.165) is 24.6 Å². The molecule has 4 rings (SSSR count). The van der Waals surface area contributed by atoms with E-state index < -0.39 is 0 Å². The molecule has 3 nitrogen and oxygen atoms in total. The second-order valence-electron chi connectivity index (χ2n) is 7.49. The summed E-state index contributed by atoms with van der Waals surface area (Å²) in [6, 6.07) is 29.3. The predicted molar refractivity (Wildman–Crippen MR) is 123 cm³/mol. The largest absolute Gasteiger partial charge is 0.497 e. The van der Waals surface area contributed by atoms with E-state index in [-0.39, 0.29) is 0 Å². The van der Waals surface area contributed by atoms with Crippen LogP contribution in [0, 0.1) is 6.92 Å². The zero-order valence-corrected chi connectivity index (χ0v) is 17.5. The molecule has 1 N–H and O–H groups in total. The van der Waals surface area contributed by atoms with Crippen molar-refractivity contribution in [2.24, 2.45) is 0 Å². The molecule has 3 heteroatoms. The maximum Gasteiger partial charge on any atom is 0.124 e. The van der Waals surface area contributed by atoms with Gasteiger partial charge in [-0.2, -0.15) is 0 Å². The van der Waals surface area contributed by atoms with E-state index in [9.17, 15) is 0 Å². The van der Waals surface area contributed by atoms with Gasteiger partial charge in [-0.3, -0.25) is 0 Å². The van der Waals surface area contributed by atoms with Crippen molar-refractivity contribution in [1.82, 2.24) is 5.32 Å². The molecule has 0 saturated carbocycles. The Hall–Kier alpha value is -3.30. The van der Waals surface area contributed by atoms with Crippen LogP contribution in [0.25, 0.3) is 10.8 Å². The molecule has 0 amide bonds. The number of fused-ring (bicyclic) bond motifs is 1. The van der Waals surface area contributed by atoms with Gasteiger partial charge in [0, 0.05) is 18.7 Å². The van der Waals surface area contributed by atoms with E-state index in [0.29, 0.717) is 6.61 Å². The van der Waals surface area contributed by atoms with Crippen molar-refractivity contribution in [3.05, 3.63) is 107 Å². The normalized spacial score (nSPS) is 10.9. The van der Waals surface area contributed by atoms with Crippen molar-refractivity contribution in [1.29, 1.82) is 0 Å². The summed E-state index contributed by atoms with van der Waals surface area (Å²) in [6.07, 6.45) is 0. The first kappa shape index (κ1) is 20.0. The van der Waals surface area contributed by atoms with Crippen LogP contribution in [0.15, 0.2) is 84.9 Å². The fourth-order valence-electron chi connectivity index (χ4n) is 3.67. The topological polar surface area (TPSA) is 30.5 Å². The number of benzene rings is 4. The Morgan fingerprint density at radius 1 is 0.767 bits per heavy atom. The maximum atomic E-state index is 6.26. The highest BCUT2D eigenvalue weighted by Crippen LogP contribution is 2.29. The number of ether oxygens (including phenoxy) is 2. The first-order valence-electron chi connectivity index (χ1n) is 10.3. The summed E-state index contributed by atoms with van der Waals surface area (Å²) in [7, 11) is 1.69. The van der Waals surface area contributed by atoms with Gasteiger partial charge in [-0.15, -0.1) is 0 Å². The van der Waals surface area contributed by atoms with Gasteiger partial charge in [-0.25, -0.2) is 0 Å². The first-order valence-corrected chi connectivity index (χ1v) is 10.3. The Morgan fingerprint density at radius 3 is 2.40 bits per heavy atom. The van der Waals surface area contributed by atoms with E-state index in [2.05, 4.69) is 85.0 Å². The predicted octanol–water partition coefficient (Wildman–Crippen LogP) is 6.03. The van der Waals surface area contributed by atoms with E-state index in [1.807, 2.05) is 12.1 Å². The smallest absolute Gasteiger partial charge is 0.124 e. The Labute approximate surface area is 178 Å². The summed E-state index contributed by atoms with van der Waals surface area (Å²) in [4.78, 5) is 0. The molecular weight excluding hydrogens is 370 g/mol. The highest BCUT2D eigenvalue weighted by Gasteiger charge is 2.09. The number of methoxy groups -OCH3 is 1. The lowest BCUT2D eigenvalue weighted by atomic mass is 10.0. The third kappa shape index (κ3) is 4.81. The van der Waals surface area contributed by atoms with Crippen LogP contribution >= 0.6 is 0 Å². The Bertz CT molecular complexity index is 1120. The molecule has 4 aromatic carbocycles. The lowest BCUT2D eigenvalue weighted by Crippen LogP contribution is -2.14. The number of aryl methyl sites for hydroxylation is 1. The van der Waals surface area contributed by atoms with E-state index >= 15 is 0 Å². The third-order valence-electron chi connectivity index (χ3n) is 5.26. The van der Waals surface area contributed by atoms with E-state index in [1.165, 1.54) is 33.0 Å². The summed E-state index contributed by atoms with van der Waals surface area (Å²) >= 11 is 0. The van der Waals surface area contributed by atoms with Crippen LogP contribution < -0.4 is 14.8 Å². The number of nitrogens with one attached hydrogen (secondary N) is 1. The van der Waals surface area contributed by atoms with Gasteiger partial charge in [0.15, 0.2) is 0 Å². The van der Waals surface area contributed by atoms with Gasteiger partial charge >= 0.3 is 0 Å². The zero-order chi connectivity index (χ0) is 20.8. The fraction of sp³-hybridized carbons (Fsp3) is 0.185. The second-order valence-corrected chi connectivity index (χ2v) is 7.49. The number of hydrogen-bond donors (Lipinski definition) is 1. The van der Waals surface area contributed by atoms with Crippen molar-refractivity contribution in [3.63, 3.8) is 0 Å². The highest BCUT2D eigenvalue weighted by molar-refractivity contribution is 5.87. The molecule has 0 unspecified atom stereocenters. The molecule has 0 fully saturated rings. The zero-order valence-electron chi connectivity index (χ0n) is 17.5. The Morgan fingerprint density at radius 2 is 1.60 bits per heavy atom. The molecule has 30 heavy (non-hydrogen) atoms. The van der Waals surface area contributed by atoms with Crippen LogP contribution in [0.2, 0.25) is 0 Å². The average molecular weight is 398 g/mol. The molecule has 0 saturated heterocycles. The molecule has 0 radical (unpaired) electrons. The maximum absolute atomic E-state index is 6.26. The molecule has 0 bridgehead atoms. The van der Waals surface area contributed by atoms with Gasteiger partial charge in [0.1, 0.15) is 18.1 Å². The van der Waals surface area contributed by atoms with E-state index in [4.69, 9.17) is 9.47 Å². The SMILES string of the molecule is COc1ccc(CNCc2c(OCc3cccc(C)c3)ccc3ccccc23)cc1. The van der Waals surface area contributed by atoms with Gasteiger partial charge in [-0.05, 0) is 47.0 Å². The minimum Gasteiger partial charge on any atom is -0.497 e. The molecule has 0 heterocycles. The summed E-state index contributed by atoms with van der Waals surface area (Å²) in [5, 5.41) is 6.02. The molecule has 0 aromatic heterocycles. The lowest BCUT2D eigenvalue weighted by Gasteiger charge is -2.16. The second kappa shape index (κ2) is 9.47. The van der Waals surface area contributed by atoms with Crippen molar-refractivity contribution in [3.8, 4) is 11.5 Å². The number of hydrogen-bond acceptors (Lipinski definition) is 3. The molecule has 0 aliphatic rings. The average Bonchev–Trinajstić information content (AvgIpc) is 2.79. The Balaban J connectivity index is 1.52. The van der Waals surface area contributed by atoms with Crippen LogP contribution in [0.4, 0.5) is 0 Å². The van der Waals surface area contributed by atoms with Crippen molar-refractivity contribution < 1.29 is 9.47 Å². The van der Waals surface area contributed by atoms with E-state index in [1.54, 1.807) is 7.11 Å².